The van der Waals surface area contributed by atoms with Crippen LogP contribution in [0.1, 0.15) is 133 Å². The third kappa shape index (κ3) is 11.9. The van der Waals surface area contributed by atoms with Crippen LogP contribution < -0.4 is 40.0 Å². The molecule has 0 radical (unpaired) electrons. The smallest absolute Gasteiger partial charge is 0.550 e. The molecule has 4 fully saturated rings. The van der Waals surface area contributed by atoms with Gasteiger partial charge in [0.05, 0.1) is 47.8 Å². The number of Topliss-reactive ketones (excluding diaryl/α,β-unsaturated/α-hetero) is 1. The summed E-state index contributed by atoms with van der Waals surface area (Å²) in [6.07, 6.45) is -20.5. The molecule has 0 aromatic rings. The van der Waals surface area contributed by atoms with E-state index in [9.17, 15) is 69.2 Å². The molecular formula is C48H71F9NNaO12. The molecule has 1 amide bonds. The van der Waals surface area contributed by atoms with Crippen LogP contribution in [0.2, 0.25) is 0 Å². The largest absolute Gasteiger partial charge is 1.00 e. The number of aliphatic hydroxyl groups excluding tert-OH is 1. The van der Waals surface area contributed by atoms with Crippen LogP contribution >= 0.6 is 0 Å². The second-order valence-electron chi connectivity index (χ2n) is 21.0. The summed E-state index contributed by atoms with van der Waals surface area (Å²) in [4.78, 5) is 39.9. The fraction of sp³-hybridized carbons (Fsp3) is 0.896. The summed E-state index contributed by atoms with van der Waals surface area (Å²) >= 11 is 0. The van der Waals surface area contributed by atoms with E-state index in [1.165, 1.54) is 12.2 Å². The molecule has 5 aliphatic heterocycles. The number of carboxylic acid groups (broad SMARTS) is 1. The van der Waals surface area contributed by atoms with E-state index in [1.807, 2.05) is 13.8 Å². The quantitative estimate of drug-likeness (QED) is 0.113. The first-order valence-electron chi connectivity index (χ1n) is 24.5. The van der Waals surface area contributed by atoms with Gasteiger partial charge < -0.3 is 53.9 Å². The minimum Gasteiger partial charge on any atom is -0.550 e. The van der Waals surface area contributed by atoms with Gasteiger partial charge in [-0.2, -0.15) is 39.5 Å². The zero-order valence-corrected chi connectivity index (χ0v) is 44.4. The average Bonchev–Trinajstić information content (AvgIpc) is 3.60. The number of aliphatic hydroxyl groups is 2. The van der Waals surface area contributed by atoms with Crippen LogP contribution in [0.3, 0.4) is 0 Å². The van der Waals surface area contributed by atoms with Crippen LogP contribution in [-0.4, -0.2) is 124 Å². The Hall–Kier alpha value is -1.60. The molecule has 404 valence electrons. The topological polar surface area (TPSA) is 182 Å². The number of hydrogen-bond donors (Lipinski definition) is 3. The van der Waals surface area contributed by atoms with E-state index in [1.54, 1.807) is 55.4 Å². The first-order valence-corrected chi connectivity index (χ1v) is 24.5. The van der Waals surface area contributed by atoms with Crippen molar-refractivity contribution in [2.45, 2.75) is 223 Å². The molecule has 3 N–H and O–H groups in total. The van der Waals surface area contributed by atoms with Gasteiger partial charge in [-0.05, 0) is 89.5 Å². The number of amides is 1. The molecule has 71 heavy (non-hydrogen) atoms. The van der Waals surface area contributed by atoms with E-state index in [-0.39, 0.29) is 85.7 Å². The standard InChI is InChI=1S/C48H72F9NO12.Na/c1-11-30(40(62)63)32-15-14-24(4)38(67-32)28(8)36(60)27(7)37(61)31(12-2)39-25(5)22-26(6)43(68-39)19-16-33(58-35(59)23-65-45(46(49,50)51,47(52,53)54)48(55,56)57)44(70-43)21-20-41(10,69-44)34-17-18-42(64,13-3)29(9)66-34;/h16,19,24-34,36,38-39,60,64H,11-15,17-18,20-23H2,1-10H3,(H,58,59)(H,62,63);/q;+1/p-1/t24-,25-,26+,27-,28-,29-,30+,31-,32+,33-,34+,36+,38+,39-,41-,42+,43-,44-;/m0./s1. The third-order valence-corrected chi connectivity index (χ3v) is 16.4. The third-order valence-electron chi connectivity index (χ3n) is 16.4. The Bertz CT molecular complexity index is 1860. The van der Waals surface area contributed by atoms with Crippen molar-refractivity contribution in [2.24, 2.45) is 41.4 Å². The van der Waals surface area contributed by atoms with Gasteiger partial charge in [0.1, 0.15) is 18.4 Å². The number of carbonyl (C=O) groups excluding carboxylic acids is 3. The molecular weight excluding hydrogens is 976 g/mol. The first kappa shape index (κ1) is 61.9. The van der Waals surface area contributed by atoms with Crippen LogP contribution in [-0.2, 0) is 42.8 Å². The number of alkyl halides is 9. The first-order chi connectivity index (χ1) is 32.1. The van der Waals surface area contributed by atoms with E-state index in [0.29, 0.717) is 25.7 Å². The number of carbonyl (C=O) groups is 3. The van der Waals surface area contributed by atoms with E-state index in [2.05, 4.69) is 10.1 Å². The van der Waals surface area contributed by atoms with Gasteiger partial charge in [0.25, 0.3) is 0 Å². The van der Waals surface area contributed by atoms with Crippen molar-refractivity contribution in [1.29, 1.82) is 0 Å². The Morgan fingerprint density at radius 1 is 0.831 bits per heavy atom. The van der Waals surface area contributed by atoms with Crippen molar-refractivity contribution in [3.8, 4) is 0 Å². The van der Waals surface area contributed by atoms with E-state index < -0.39 is 138 Å². The molecule has 5 rings (SSSR count). The van der Waals surface area contributed by atoms with E-state index >= 15 is 0 Å². The van der Waals surface area contributed by atoms with Crippen molar-refractivity contribution in [3.63, 3.8) is 0 Å². The zero-order valence-electron chi connectivity index (χ0n) is 42.4. The van der Waals surface area contributed by atoms with Gasteiger partial charge in [-0.25, -0.2) is 0 Å². The predicted octanol–water partition coefficient (Wildman–Crippen LogP) is 4.42. The van der Waals surface area contributed by atoms with Crippen molar-refractivity contribution < 1.29 is 127 Å². The van der Waals surface area contributed by atoms with Gasteiger partial charge >= 0.3 is 53.7 Å². The summed E-state index contributed by atoms with van der Waals surface area (Å²) in [7, 11) is 0. The van der Waals surface area contributed by atoms with Gasteiger partial charge in [0.15, 0.2) is 11.6 Å². The Morgan fingerprint density at radius 2 is 1.42 bits per heavy atom. The van der Waals surface area contributed by atoms with E-state index in [0.717, 1.165) is 0 Å². The van der Waals surface area contributed by atoms with Crippen LogP contribution in [0.5, 0.6) is 0 Å². The number of ether oxygens (including phenoxy) is 6. The number of halogens is 9. The molecule has 23 heteroatoms. The molecule has 0 aromatic heterocycles. The minimum absolute atomic E-state index is 0. The maximum absolute atomic E-state index is 14.6. The molecule has 13 nitrogen and oxygen atoms in total. The molecule has 4 saturated heterocycles. The number of carboxylic acids is 1. The molecule has 0 saturated carbocycles. The van der Waals surface area contributed by atoms with Crippen molar-refractivity contribution in [3.05, 3.63) is 12.2 Å². The van der Waals surface area contributed by atoms with Crippen molar-refractivity contribution in [1.82, 2.24) is 5.32 Å². The van der Waals surface area contributed by atoms with Crippen molar-refractivity contribution >= 4 is 17.7 Å². The Morgan fingerprint density at radius 3 is 1.94 bits per heavy atom. The molecule has 2 spiro atoms. The van der Waals surface area contributed by atoms with Gasteiger partial charge in [-0.15, -0.1) is 0 Å². The molecule has 5 heterocycles. The Balaban J connectivity index is 0.0000110. The van der Waals surface area contributed by atoms with Crippen LogP contribution in [0, 0.1) is 41.4 Å². The molecule has 18 atom stereocenters. The van der Waals surface area contributed by atoms with Gasteiger partial charge in [0.2, 0.25) is 5.91 Å². The number of aliphatic carboxylic acids is 1. The SMILES string of the molecule is CC[C@@H](C(=O)[C@@H](C)[C@@H](O)[C@H](C)[C@@H]1O[C@@H]([C@@H](CC)C(=O)[O-])CC[C@@H]1C)[C@H]1O[C@]2(C=C[C@H](NC(=O)COC(C(F)(F)F)(C(F)(F)F)C(F)(F)F)[C@]3(CC[C@@](C)([C@H]4CC[C@](O)(CC)[C@H](C)O4)O3)O2)[C@H](C)C[C@@H]1C.[Na+]. The van der Waals surface area contributed by atoms with Crippen LogP contribution in [0.25, 0.3) is 0 Å². The molecule has 5 aliphatic rings. The van der Waals surface area contributed by atoms with Gasteiger partial charge in [0, 0.05) is 42.0 Å². The zero-order chi connectivity index (χ0) is 53.0. The molecule has 0 unspecified atom stereocenters. The second-order valence-corrected chi connectivity index (χ2v) is 21.0. The van der Waals surface area contributed by atoms with Gasteiger partial charge in [-0.1, -0.05) is 61.5 Å². The number of ketones is 1. The van der Waals surface area contributed by atoms with Crippen molar-refractivity contribution in [2.75, 3.05) is 6.61 Å². The summed E-state index contributed by atoms with van der Waals surface area (Å²) in [6, 6.07) is -1.58. The molecule has 0 bridgehead atoms. The molecule has 0 aromatic carbocycles. The summed E-state index contributed by atoms with van der Waals surface area (Å²) in [5.41, 5.74) is -9.17. The number of nitrogens with one attached hydrogen (secondary N) is 1. The fourth-order valence-electron chi connectivity index (χ4n) is 11.8. The minimum atomic E-state index is -7.08. The van der Waals surface area contributed by atoms with Crippen LogP contribution in [0.15, 0.2) is 12.2 Å². The Labute approximate surface area is 431 Å². The second kappa shape index (κ2) is 22.5. The predicted molar refractivity (Wildman–Crippen MR) is 229 cm³/mol. The normalized spacial score (nSPS) is 38.2. The fourth-order valence-corrected chi connectivity index (χ4v) is 11.8. The number of hydrogen-bond acceptors (Lipinski definition) is 12. The summed E-state index contributed by atoms with van der Waals surface area (Å²) in [5, 5.41) is 37.0. The monoisotopic (exact) mass is 1050 g/mol. The average molecular weight is 1050 g/mol. The number of rotatable bonds is 16. The maximum Gasteiger partial charge on any atom is 1.00 e. The van der Waals surface area contributed by atoms with E-state index in [4.69, 9.17) is 23.7 Å². The summed E-state index contributed by atoms with van der Waals surface area (Å²) < 4.78 is 160. The van der Waals surface area contributed by atoms with Gasteiger partial charge in [-0.3, -0.25) is 9.59 Å². The Kier molecular flexibility index (Phi) is 19.7. The molecule has 0 aliphatic carbocycles. The van der Waals surface area contributed by atoms with Crippen LogP contribution in [0.4, 0.5) is 39.5 Å². The summed E-state index contributed by atoms with van der Waals surface area (Å²) in [5.74, 6) is -11.5. The summed E-state index contributed by atoms with van der Waals surface area (Å²) in [6.45, 7) is 15.2. The maximum atomic E-state index is 14.6.